The zero-order valence-corrected chi connectivity index (χ0v) is 8.85. The Bertz CT molecular complexity index is 441. The summed E-state index contributed by atoms with van der Waals surface area (Å²) >= 11 is 3.31. The van der Waals surface area contributed by atoms with Crippen molar-refractivity contribution in [3.8, 4) is 5.69 Å². The van der Waals surface area contributed by atoms with E-state index < -0.39 is 0 Å². The van der Waals surface area contributed by atoms with Crippen LogP contribution in [0.15, 0.2) is 35.3 Å². The van der Waals surface area contributed by atoms with Crippen LogP contribution in [-0.4, -0.2) is 19.9 Å². The van der Waals surface area contributed by atoms with Gasteiger partial charge in [0.25, 0.3) is 0 Å². The average Bonchev–Trinajstić information content (AvgIpc) is 2.65. The first-order valence-electron chi connectivity index (χ1n) is 4.05. The van der Waals surface area contributed by atoms with E-state index in [-0.39, 0.29) is 6.61 Å². The van der Waals surface area contributed by atoms with Gasteiger partial charge < -0.3 is 5.11 Å². The standard InChI is InChI=1S/C9H8BrN3O/c10-8-4-12-13(5-8)9-1-2-11-3-7(9)6-14/h1-5,14H,6H2. The summed E-state index contributed by atoms with van der Waals surface area (Å²) < 4.78 is 2.59. The molecule has 0 aliphatic rings. The highest BCUT2D eigenvalue weighted by Gasteiger charge is 2.04. The average molecular weight is 254 g/mol. The molecule has 5 heteroatoms. The molecule has 0 aliphatic carbocycles. The molecule has 0 aliphatic heterocycles. The largest absolute Gasteiger partial charge is 0.392 e. The Morgan fingerprint density at radius 1 is 1.43 bits per heavy atom. The van der Waals surface area contributed by atoms with Crippen LogP contribution in [-0.2, 0) is 6.61 Å². The molecule has 0 saturated heterocycles. The molecule has 0 fully saturated rings. The molecule has 2 aromatic heterocycles. The lowest BCUT2D eigenvalue weighted by Crippen LogP contribution is -2.00. The number of hydrogen-bond donors (Lipinski definition) is 1. The first-order valence-corrected chi connectivity index (χ1v) is 4.85. The van der Waals surface area contributed by atoms with Crippen molar-refractivity contribution in [3.05, 3.63) is 40.9 Å². The summed E-state index contributed by atoms with van der Waals surface area (Å²) in [5, 5.41) is 13.2. The second kappa shape index (κ2) is 3.89. The third-order valence-corrected chi connectivity index (χ3v) is 2.26. The highest BCUT2D eigenvalue weighted by molar-refractivity contribution is 9.10. The maximum Gasteiger partial charge on any atom is 0.0731 e. The second-order valence-electron chi connectivity index (χ2n) is 2.77. The molecule has 2 rings (SSSR count). The van der Waals surface area contributed by atoms with Crippen molar-refractivity contribution in [2.45, 2.75) is 6.61 Å². The Morgan fingerprint density at radius 2 is 2.29 bits per heavy atom. The minimum atomic E-state index is -0.0410. The summed E-state index contributed by atoms with van der Waals surface area (Å²) in [5.41, 5.74) is 1.59. The monoisotopic (exact) mass is 253 g/mol. The van der Waals surface area contributed by atoms with Gasteiger partial charge in [0, 0.05) is 24.2 Å². The Hall–Kier alpha value is -1.20. The zero-order chi connectivity index (χ0) is 9.97. The lowest BCUT2D eigenvalue weighted by molar-refractivity contribution is 0.281. The van der Waals surface area contributed by atoms with E-state index in [1.165, 1.54) is 0 Å². The number of hydrogen-bond acceptors (Lipinski definition) is 3. The zero-order valence-electron chi connectivity index (χ0n) is 7.26. The topological polar surface area (TPSA) is 50.9 Å². The van der Waals surface area contributed by atoms with Gasteiger partial charge in [0.05, 0.1) is 23.0 Å². The molecule has 14 heavy (non-hydrogen) atoms. The third kappa shape index (κ3) is 1.69. The highest BCUT2D eigenvalue weighted by atomic mass is 79.9. The molecule has 72 valence electrons. The summed E-state index contributed by atoms with van der Waals surface area (Å²) in [5.74, 6) is 0. The molecule has 0 atom stereocenters. The van der Waals surface area contributed by atoms with E-state index in [1.807, 2.05) is 12.3 Å². The summed E-state index contributed by atoms with van der Waals surface area (Å²) in [7, 11) is 0. The molecule has 0 amide bonds. The van der Waals surface area contributed by atoms with Crippen LogP contribution < -0.4 is 0 Å². The van der Waals surface area contributed by atoms with E-state index in [9.17, 15) is 0 Å². The number of pyridine rings is 1. The van der Waals surface area contributed by atoms with Crippen LogP contribution in [0.1, 0.15) is 5.56 Å². The van der Waals surface area contributed by atoms with Crippen molar-refractivity contribution in [1.82, 2.24) is 14.8 Å². The molecule has 4 nitrogen and oxygen atoms in total. The van der Waals surface area contributed by atoms with Gasteiger partial charge >= 0.3 is 0 Å². The number of aliphatic hydroxyl groups excluding tert-OH is 1. The number of aliphatic hydroxyl groups is 1. The van der Waals surface area contributed by atoms with E-state index in [0.717, 1.165) is 15.7 Å². The molecule has 1 N–H and O–H groups in total. The molecule has 2 heterocycles. The van der Waals surface area contributed by atoms with E-state index in [4.69, 9.17) is 5.11 Å². The van der Waals surface area contributed by atoms with Crippen LogP contribution in [0.5, 0.6) is 0 Å². The predicted octanol–water partition coefficient (Wildman–Crippen LogP) is 1.52. The van der Waals surface area contributed by atoms with Gasteiger partial charge in [0.1, 0.15) is 0 Å². The van der Waals surface area contributed by atoms with E-state index in [0.29, 0.717) is 0 Å². The van der Waals surface area contributed by atoms with E-state index in [2.05, 4.69) is 26.0 Å². The summed E-state index contributed by atoms with van der Waals surface area (Å²) in [6, 6.07) is 1.81. The number of aromatic nitrogens is 3. The van der Waals surface area contributed by atoms with Crippen LogP contribution in [0.4, 0.5) is 0 Å². The lowest BCUT2D eigenvalue weighted by Gasteiger charge is -2.05. The number of halogens is 1. The van der Waals surface area contributed by atoms with Crippen molar-refractivity contribution in [2.75, 3.05) is 0 Å². The van der Waals surface area contributed by atoms with Gasteiger partial charge in [-0.05, 0) is 22.0 Å². The van der Waals surface area contributed by atoms with Gasteiger partial charge in [0.2, 0.25) is 0 Å². The molecule has 0 spiro atoms. The molecule has 2 aromatic rings. The van der Waals surface area contributed by atoms with Crippen LogP contribution in [0.2, 0.25) is 0 Å². The maximum atomic E-state index is 9.09. The van der Waals surface area contributed by atoms with Crippen molar-refractivity contribution >= 4 is 15.9 Å². The Labute approximate surface area is 89.3 Å². The lowest BCUT2D eigenvalue weighted by atomic mass is 10.2. The number of rotatable bonds is 2. The summed E-state index contributed by atoms with van der Waals surface area (Å²) in [6.45, 7) is -0.0410. The smallest absolute Gasteiger partial charge is 0.0731 e. The first-order chi connectivity index (χ1) is 6.81. The van der Waals surface area contributed by atoms with E-state index >= 15 is 0 Å². The Balaban J connectivity index is 2.50. The molecule has 0 radical (unpaired) electrons. The van der Waals surface area contributed by atoms with Gasteiger partial charge in [-0.3, -0.25) is 4.98 Å². The molecular formula is C9H8BrN3O. The minimum absolute atomic E-state index is 0.0410. The van der Waals surface area contributed by atoms with Gasteiger partial charge in [0.15, 0.2) is 0 Å². The van der Waals surface area contributed by atoms with Crippen molar-refractivity contribution < 1.29 is 5.11 Å². The minimum Gasteiger partial charge on any atom is -0.392 e. The highest BCUT2D eigenvalue weighted by Crippen LogP contribution is 2.15. The van der Waals surface area contributed by atoms with Crippen LogP contribution in [0, 0.1) is 0 Å². The fraction of sp³-hybridized carbons (Fsp3) is 0.111. The maximum absolute atomic E-state index is 9.09. The van der Waals surface area contributed by atoms with Crippen LogP contribution in [0.25, 0.3) is 5.69 Å². The summed E-state index contributed by atoms with van der Waals surface area (Å²) in [6.07, 6.45) is 6.82. The normalized spacial score (nSPS) is 10.4. The van der Waals surface area contributed by atoms with Gasteiger partial charge in [-0.1, -0.05) is 0 Å². The SMILES string of the molecule is OCc1cnccc1-n1cc(Br)cn1. The van der Waals surface area contributed by atoms with Gasteiger partial charge in [-0.15, -0.1) is 0 Å². The Morgan fingerprint density at radius 3 is 2.93 bits per heavy atom. The Kier molecular flexibility index (Phi) is 2.60. The van der Waals surface area contributed by atoms with Crippen molar-refractivity contribution in [3.63, 3.8) is 0 Å². The second-order valence-corrected chi connectivity index (χ2v) is 3.68. The molecular weight excluding hydrogens is 246 g/mol. The molecule has 0 unspecified atom stereocenters. The van der Waals surface area contributed by atoms with Gasteiger partial charge in [-0.25, -0.2) is 4.68 Å². The third-order valence-electron chi connectivity index (χ3n) is 1.85. The number of nitrogens with zero attached hydrogens (tertiary/aromatic N) is 3. The predicted molar refractivity (Wildman–Crippen MR) is 55.0 cm³/mol. The summed E-state index contributed by atoms with van der Waals surface area (Å²) in [4.78, 5) is 3.94. The quantitative estimate of drug-likeness (QED) is 0.883. The first kappa shape index (κ1) is 9.36. The van der Waals surface area contributed by atoms with E-state index in [1.54, 1.807) is 23.3 Å². The fourth-order valence-electron chi connectivity index (χ4n) is 1.20. The van der Waals surface area contributed by atoms with Crippen LogP contribution >= 0.6 is 15.9 Å². The van der Waals surface area contributed by atoms with Crippen molar-refractivity contribution in [2.24, 2.45) is 0 Å². The molecule has 0 saturated carbocycles. The fourth-order valence-corrected chi connectivity index (χ4v) is 1.48. The van der Waals surface area contributed by atoms with Crippen LogP contribution in [0.3, 0.4) is 0 Å². The van der Waals surface area contributed by atoms with Gasteiger partial charge in [-0.2, -0.15) is 5.10 Å². The molecule has 0 aromatic carbocycles. The van der Waals surface area contributed by atoms with Crippen molar-refractivity contribution in [1.29, 1.82) is 0 Å². The molecule has 0 bridgehead atoms.